The van der Waals surface area contributed by atoms with E-state index in [4.69, 9.17) is 5.11 Å². The first-order chi connectivity index (χ1) is 10.6. The summed E-state index contributed by atoms with van der Waals surface area (Å²) in [6, 6.07) is 4.16. The Kier molecular flexibility index (Phi) is 4.90. The number of hydrogen-bond acceptors (Lipinski definition) is 3. The van der Waals surface area contributed by atoms with Crippen molar-refractivity contribution in [1.82, 2.24) is 4.31 Å². The molecule has 0 amide bonds. The van der Waals surface area contributed by atoms with Gasteiger partial charge >= 0.3 is 16.2 Å². The molecule has 6 nitrogen and oxygen atoms in total. The Bertz CT molecular complexity index is 697. The first-order valence-electron chi connectivity index (χ1n) is 7.16. The highest BCUT2D eigenvalue weighted by Gasteiger charge is 2.38. The fourth-order valence-electron chi connectivity index (χ4n) is 2.37. The second-order valence-electron chi connectivity index (χ2n) is 5.39. The van der Waals surface area contributed by atoms with Gasteiger partial charge in [0.2, 0.25) is 0 Å². The number of aryl methyl sites for hydroxylation is 1. The zero-order chi connectivity index (χ0) is 17.3. The van der Waals surface area contributed by atoms with E-state index in [0.717, 1.165) is 4.31 Å². The molecular weight excluding hydrogens is 330 g/mol. The number of rotatable bonds is 5. The molecule has 0 spiro atoms. The number of carboxylic acids is 1. The Balaban J connectivity index is 2.23. The van der Waals surface area contributed by atoms with E-state index >= 15 is 0 Å². The smallest absolute Gasteiger partial charge is 0.335 e. The van der Waals surface area contributed by atoms with Crippen molar-refractivity contribution in [2.75, 3.05) is 17.8 Å². The molecule has 0 aromatic heterocycles. The van der Waals surface area contributed by atoms with Crippen LogP contribution >= 0.6 is 0 Å². The van der Waals surface area contributed by atoms with Gasteiger partial charge in [0.05, 0.1) is 11.3 Å². The lowest BCUT2D eigenvalue weighted by Crippen LogP contribution is -2.45. The second-order valence-corrected chi connectivity index (χ2v) is 7.06. The van der Waals surface area contributed by atoms with Crippen molar-refractivity contribution in [1.29, 1.82) is 0 Å². The van der Waals surface area contributed by atoms with Gasteiger partial charge in [0, 0.05) is 25.9 Å². The molecule has 9 heteroatoms. The molecular formula is C14H18F2N2O4S. The van der Waals surface area contributed by atoms with Crippen LogP contribution in [0.5, 0.6) is 0 Å². The van der Waals surface area contributed by atoms with Gasteiger partial charge in [0.15, 0.2) is 0 Å². The summed E-state index contributed by atoms with van der Waals surface area (Å²) in [6.07, 6.45) is -0.552. The summed E-state index contributed by atoms with van der Waals surface area (Å²) in [6.45, 7) is 1.25. The monoisotopic (exact) mass is 348 g/mol. The number of carboxylic acid groups (broad SMARTS) is 1. The van der Waals surface area contributed by atoms with Crippen LogP contribution in [-0.4, -0.2) is 42.8 Å². The number of aromatic carboxylic acids is 1. The van der Waals surface area contributed by atoms with Crippen LogP contribution in [0.1, 0.15) is 35.7 Å². The summed E-state index contributed by atoms with van der Waals surface area (Å²) in [5, 5.41) is 9.01. The van der Waals surface area contributed by atoms with E-state index in [-0.39, 0.29) is 24.3 Å². The molecule has 128 valence electrons. The molecule has 0 radical (unpaired) electrons. The minimum Gasteiger partial charge on any atom is -0.478 e. The third kappa shape index (κ3) is 4.17. The van der Waals surface area contributed by atoms with E-state index in [2.05, 4.69) is 4.72 Å². The first kappa shape index (κ1) is 17.6. The third-order valence-electron chi connectivity index (χ3n) is 3.77. The molecule has 0 bridgehead atoms. The fraction of sp³-hybridized carbons (Fsp3) is 0.500. The Labute approximate surface area is 133 Å². The molecule has 23 heavy (non-hydrogen) atoms. The Morgan fingerprint density at radius 3 is 2.48 bits per heavy atom. The number of nitrogens with zero attached hydrogens (tertiary/aromatic N) is 1. The molecule has 1 aliphatic heterocycles. The minimum atomic E-state index is -4.00. The molecule has 0 unspecified atom stereocenters. The first-order valence-corrected chi connectivity index (χ1v) is 8.60. The highest BCUT2D eigenvalue weighted by Crippen LogP contribution is 2.29. The topological polar surface area (TPSA) is 86.7 Å². The van der Waals surface area contributed by atoms with Crippen LogP contribution in [0.4, 0.5) is 14.5 Å². The normalized spacial score (nSPS) is 18.6. The molecule has 1 aromatic carbocycles. The molecule has 1 aliphatic rings. The predicted octanol–water partition coefficient (Wildman–Crippen LogP) is 2.33. The van der Waals surface area contributed by atoms with Crippen molar-refractivity contribution in [3.8, 4) is 0 Å². The van der Waals surface area contributed by atoms with Crippen LogP contribution in [0.15, 0.2) is 18.2 Å². The second kappa shape index (κ2) is 6.40. The van der Waals surface area contributed by atoms with Gasteiger partial charge in [0.1, 0.15) is 0 Å². The molecule has 0 saturated carbocycles. The lowest BCUT2D eigenvalue weighted by molar-refractivity contribution is -0.0411. The van der Waals surface area contributed by atoms with Crippen LogP contribution in [0.25, 0.3) is 0 Å². The highest BCUT2D eigenvalue weighted by atomic mass is 32.2. The Morgan fingerprint density at radius 1 is 1.35 bits per heavy atom. The van der Waals surface area contributed by atoms with E-state index in [9.17, 15) is 22.0 Å². The summed E-state index contributed by atoms with van der Waals surface area (Å²) in [5.41, 5.74) is 0.732. The zero-order valence-corrected chi connectivity index (χ0v) is 13.4. The molecule has 2 N–H and O–H groups in total. The van der Waals surface area contributed by atoms with Gasteiger partial charge in [-0.3, -0.25) is 4.72 Å². The third-order valence-corrected chi connectivity index (χ3v) is 5.29. The van der Waals surface area contributed by atoms with Crippen molar-refractivity contribution in [2.45, 2.75) is 32.1 Å². The van der Waals surface area contributed by atoms with Gasteiger partial charge in [-0.1, -0.05) is 13.0 Å². The molecule has 0 atom stereocenters. The van der Waals surface area contributed by atoms with Crippen LogP contribution in [0.3, 0.4) is 0 Å². The Morgan fingerprint density at radius 2 is 1.96 bits per heavy atom. The molecule has 2 rings (SSSR count). The number of halogens is 2. The average molecular weight is 348 g/mol. The van der Waals surface area contributed by atoms with Crippen molar-refractivity contribution >= 4 is 21.9 Å². The van der Waals surface area contributed by atoms with Gasteiger partial charge in [-0.25, -0.2) is 13.6 Å². The summed E-state index contributed by atoms with van der Waals surface area (Å²) >= 11 is 0. The highest BCUT2D eigenvalue weighted by molar-refractivity contribution is 7.90. The van der Waals surface area contributed by atoms with Crippen molar-refractivity contribution in [3.63, 3.8) is 0 Å². The van der Waals surface area contributed by atoms with Crippen molar-refractivity contribution in [2.24, 2.45) is 0 Å². The standard InChI is InChI=1S/C14H18F2N2O4S/c1-2-10-3-4-11(13(19)20)9-12(10)17-23(21,22)18-7-5-14(15,16)6-8-18/h3-4,9,17H,2,5-8H2,1H3,(H,19,20). The van der Waals surface area contributed by atoms with E-state index in [1.54, 1.807) is 6.92 Å². The number of hydrogen-bond donors (Lipinski definition) is 2. The number of benzene rings is 1. The van der Waals surface area contributed by atoms with Gasteiger partial charge < -0.3 is 5.11 Å². The largest absolute Gasteiger partial charge is 0.478 e. The van der Waals surface area contributed by atoms with Crippen molar-refractivity contribution in [3.05, 3.63) is 29.3 Å². The number of piperidine rings is 1. The number of nitrogens with one attached hydrogen (secondary N) is 1. The summed E-state index contributed by atoms with van der Waals surface area (Å²) in [5.74, 6) is -4.02. The van der Waals surface area contributed by atoms with E-state index in [0.29, 0.717) is 12.0 Å². The van der Waals surface area contributed by atoms with Crippen LogP contribution < -0.4 is 4.72 Å². The number of alkyl halides is 2. The summed E-state index contributed by atoms with van der Waals surface area (Å²) in [7, 11) is -4.00. The maximum Gasteiger partial charge on any atom is 0.335 e. The van der Waals surface area contributed by atoms with Crippen molar-refractivity contribution < 1.29 is 27.1 Å². The quantitative estimate of drug-likeness (QED) is 0.855. The Hall–Kier alpha value is -1.74. The van der Waals surface area contributed by atoms with Gasteiger partial charge in [0.25, 0.3) is 5.92 Å². The lowest BCUT2D eigenvalue weighted by Gasteiger charge is -2.31. The summed E-state index contributed by atoms with van der Waals surface area (Å²) < 4.78 is 54.2. The van der Waals surface area contributed by atoms with E-state index in [1.807, 2.05) is 0 Å². The number of carbonyl (C=O) groups is 1. The maximum atomic E-state index is 13.1. The SMILES string of the molecule is CCc1ccc(C(=O)O)cc1NS(=O)(=O)N1CCC(F)(F)CC1. The van der Waals surface area contributed by atoms with Gasteiger partial charge in [-0.2, -0.15) is 12.7 Å². The van der Waals surface area contributed by atoms with Crippen LogP contribution in [0.2, 0.25) is 0 Å². The molecule has 1 aromatic rings. The van der Waals surface area contributed by atoms with Gasteiger partial charge in [-0.15, -0.1) is 0 Å². The minimum absolute atomic E-state index is 0.0509. The maximum absolute atomic E-state index is 13.1. The molecule has 1 fully saturated rings. The zero-order valence-electron chi connectivity index (χ0n) is 12.6. The van der Waals surface area contributed by atoms with Gasteiger partial charge in [-0.05, 0) is 24.1 Å². The summed E-state index contributed by atoms with van der Waals surface area (Å²) in [4.78, 5) is 11.0. The molecule has 1 saturated heterocycles. The molecule has 1 heterocycles. The van der Waals surface area contributed by atoms with Crippen LogP contribution in [-0.2, 0) is 16.6 Å². The average Bonchev–Trinajstić information content (AvgIpc) is 2.46. The molecule has 0 aliphatic carbocycles. The lowest BCUT2D eigenvalue weighted by atomic mass is 10.1. The van der Waals surface area contributed by atoms with Crippen LogP contribution in [0, 0.1) is 0 Å². The van der Waals surface area contributed by atoms with E-state index in [1.165, 1.54) is 18.2 Å². The predicted molar refractivity (Wildman–Crippen MR) is 81.1 cm³/mol. The number of anilines is 1. The fourth-order valence-corrected chi connectivity index (χ4v) is 3.63. The van der Waals surface area contributed by atoms with E-state index < -0.39 is 34.9 Å².